The van der Waals surface area contributed by atoms with Gasteiger partial charge in [-0.15, -0.1) is 0 Å². The van der Waals surface area contributed by atoms with Crippen molar-refractivity contribution in [3.8, 4) is 0 Å². The van der Waals surface area contributed by atoms with E-state index in [1.54, 1.807) is 7.11 Å². The monoisotopic (exact) mass is 147 g/mol. The topological polar surface area (TPSA) is 12.5 Å². The van der Waals surface area contributed by atoms with Crippen LogP contribution in [0.2, 0.25) is 0 Å². The van der Waals surface area contributed by atoms with Gasteiger partial charge in [-0.25, -0.2) is 4.39 Å². The SMILES string of the molecule is COC[C@@H]1C[C@@H](F)CN1C. The molecule has 0 amide bonds. The largest absolute Gasteiger partial charge is 0.383 e. The maximum Gasteiger partial charge on any atom is 0.114 e. The predicted octanol–water partition coefficient (Wildman–Crippen LogP) is 0.675. The van der Waals surface area contributed by atoms with Gasteiger partial charge in [-0.1, -0.05) is 0 Å². The molecule has 1 rings (SSSR count). The predicted molar refractivity (Wildman–Crippen MR) is 37.8 cm³/mol. The Morgan fingerprint density at radius 1 is 1.70 bits per heavy atom. The van der Waals surface area contributed by atoms with Gasteiger partial charge in [0.15, 0.2) is 0 Å². The van der Waals surface area contributed by atoms with Crippen LogP contribution in [0, 0.1) is 0 Å². The molecule has 2 atom stereocenters. The van der Waals surface area contributed by atoms with Gasteiger partial charge in [0.1, 0.15) is 6.17 Å². The Morgan fingerprint density at radius 3 is 2.80 bits per heavy atom. The first-order valence-corrected chi connectivity index (χ1v) is 3.57. The quantitative estimate of drug-likeness (QED) is 0.569. The number of hydrogen-bond donors (Lipinski definition) is 0. The summed E-state index contributed by atoms with van der Waals surface area (Å²) in [6, 6.07) is 0.292. The van der Waals surface area contributed by atoms with Gasteiger partial charge in [-0.05, 0) is 13.5 Å². The van der Waals surface area contributed by atoms with Crippen LogP contribution in [0.1, 0.15) is 6.42 Å². The molecule has 0 aromatic rings. The number of nitrogens with zero attached hydrogens (tertiary/aromatic N) is 1. The molecule has 0 N–H and O–H groups in total. The molecule has 0 spiro atoms. The highest BCUT2D eigenvalue weighted by Gasteiger charge is 2.28. The van der Waals surface area contributed by atoms with E-state index >= 15 is 0 Å². The van der Waals surface area contributed by atoms with Gasteiger partial charge in [0.25, 0.3) is 0 Å². The molecular formula is C7H14FNO. The van der Waals surface area contributed by atoms with E-state index in [9.17, 15) is 4.39 Å². The lowest BCUT2D eigenvalue weighted by molar-refractivity contribution is 0.129. The lowest BCUT2D eigenvalue weighted by Crippen LogP contribution is -2.28. The fraction of sp³-hybridized carbons (Fsp3) is 1.00. The Hall–Kier alpha value is -0.150. The molecule has 0 unspecified atom stereocenters. The average Bonchev–Trinajstić information content (AvgIpc) is 2.13. The first-order chi connectivity index (χ1) is 4.74. The molecule has 0 aliphatic carbocycles. The minimum absolute atomic E-state index is 0.292. The van der Waals surface area contributed by atoms with Crippen LogP contribution >= 0.6 is 0 Å². The van der Waals surface area contributed by atoms with E-state index < -0.39 is 6.17 Å². The number of likely N-dealkylation sites (tertiary alicyclic amines) is 1. The average molecular weight is 147 g/mol. The van der Waals surface area contributed by atoms with Crippen LogP contribution in [0.15, 0.2) is 0 Å². The normalized spacial score (nSPS) is 35.1. The summed E-state index contributed by atoms with van der Waals surface area (Å²) in [4.78, 5) is 2.01. The van der Waals surface area contributed by atoms with Crippen LogP contribution in [0.25, 0.3) is 0 Å². The first-order valence-electron chi connectivity index (χ1n) is 3.57. The third kappa shape index (κ3) is 1.67. The lowest BCUT2D eigenvalue weighted by atomic mass is 10.2. The van der Waals surface area contributed by atoms with Crippen LogP contribution in [0.4, 0.5) is 4.39 Å². The molecule has 3 heteroatoms. The van der Waals surface area contributed by atoms with Gasteiger partial charge in [-0.3, -0.25) is 4.90 Å². The summed E-state index contributed by atoms with van der Waals surface area (Å²) >= 11 is 0. The Morgan fingerprint density at radius 2 is 2.40 bits per heavy atom. The summed E-state index contributed by atoms with van der Waals surface area (Å²) in [7, 11) is 3.59. The van der Waals surface area contributed by atoms with Crippen molar-refractivity contribution >= 4 is 0 Å². The molecule has 1 aliphatic rings. The van der Waals surface area contributed by atoms with Crippen LogP contribution < -0.4 is 0 Å². The van der Waals surface area contributed by atoms with Crippen molar-refractivity contribution in [1.29, 1.82) is 0 Å². The number of rotatable bonds is 2. The van der Waals surface area contributed by atoms with Gasteiger partial charge >= 0.3 is 0 Å². The van der Waals surface area contributed by atoms with Crippen molar-refractivity contribution in [3.63, 3.8) is 0 Å². The molecule has 1 saturated heterocycles. The smallest absolute Gasteiger partial charge is 0.114 e. The van der Waals surface area contributed by atoms with Crippen LogP contribution in [0.5, 0.6) is 0 Å². The van der Waals surface area contributed by atoms with Gasteiger partial charge < -0.3 is 4.74 Å². The Labute approximate surface area is 61.0 Å². The second-order valence-corrected chi connectivity index (χ2v) is 2.88. The summed E-state index contributed by atoms with van der Waals surface area (Å²) in [6.45, 7) is 1.21. The second kappa shape index (κ2) is 3.30. The molecule has 1 fully saturated rings. The lowest BCUT2D eigenvalue weighted by Gasteiger charge is -2.16. The maximum absolute atomic E-state index is 12.7. The van der Waals surface area contributed by atoms with Crippen molar-refractivity contribution in [2.45, 2.75) is 18.6 Å². The molecule has 0 aromatic carbocycles. The van der Waals surface area contributed by atoms with Crippen molar-refractivity contribution in [3.05, 3.63) is 0 Å². The number of halogens is 1. The van der Waals surface area contributed by atoms with E-state index in [4.69, 9.17) is 4.74 Å². The van der Waals surface area contributed by atoms with Crippen molar-refractivity contribution in [1.82, 2.24) is 4.90 Å². The molecule has 1 aliphatic heterocycles. The summed E-state index contributed by atoms with van der Waals surface area (Å²) in [5.41, 5.74) is 0. The number of hydrogen-bond acceptors (Lipinski definition) is 2. The molecule has 0 aromatic heterocycles. The van der Waals surface area contributed by atoms with E-state index in [0.29, 0.717) is 25.6 Å². The first kappa shape index (κ1) is 7.95. The Kier molecular flexibility index (Phi) is 2.63. The number of likely N-dealkylation sites (N-methyl/N-ethyl adjacent to an activating group) is 1. The zero-order valence-corrected chi connectivity index (χ0v) is 6.51. The Balaban J connectivity index is 2.31. The van der Waals surface area contributed by atoms with Gasteiger partial charge in [0, 0.05) is 19.7 Å². The molecular weight excluding hydrogens is 133 g/mol. The van der Waals surface area contributed by atoms with Gasteiger partial charge in [0.05, 0.1) is 6.61 Å². The molecule has 0 saturated carbocycles. The molecule has 60 valence electrons. The van der Waals surface area contributed by atoms with E-state index in [2.05, 4.69) is 0 Å². The second-order valence-electron chi connectivity index (χ2n) is 2.88. The van der Waals surface area contributed by atoms with E-state index in [1.807, 2.05) is 11.9 Å². The summed E-state index contributed by atoms with van der Waals surface area (Å²) in [6.07, 6.45) is -0.0187. The summed E-state index contributed by atoms with van der Waals surface area (Å²) in [5, 5.41) is 0. The van der Waals surface area contributed by atoms with E-state index in [0.717, 1.165) is 0 Å². The Bertz CT molecular complexity index is 110. The van der Waals surface area contributed by atoms with E-state index in [1.165, 1.54) is 0 Å². The fourth-order valence-electron chi connectivity index (χ4n) is 1.40. The van der Waals surface area contributed by atoms with Gasteiger partial charge in [-0.2, -0.15) is 0 Å². The summed E-state index contributed by atoms with van der Waals surface area (Å²) in [5.74, 6) is 0. The molecule has 0 bridgehead atoms. The summed E-state index contributed by atoms with van der Waals surface area (Å²) < 4.78 is 17.6. The van der Waals surface area contributed by atoms with Crippen LogP contribution in [-0.2, 0) is 4.74 Å². The van der Waals surface area contributed by atoms with Gasteiger partial charge in [0.2, 0.25) is 0 Å². The standard InChI is InChI=1S/C7H14FNO/c1-9-4-6(8)3-7(9)5-10-2/h6-7H,3-5H2,1-2H3/t6-,7+/m1/s1. The zero-order valence-electron chi connectivity index (χ0n) is 6.51. The number of alkyl halides is 1. The van der Waals surface area contributed by atoms with Crippen LogP contribution in [-0.4, -0.2) is 44.4 Å². The minimum atomic E-state index is -0.648. The highest BCUT2D eigenvalue weighted by atomic mass is 19.1. The third-order valence-electron chi connectivity index (χ3n) is 2.00. The highest BCUT2D eigenvalue weighted by Crippen LogP contribution is 2.17. The highest BCUT2D eigenvalue weighted by molar-refractivity contribution is 4.82. The number of methoxy groups -OCH3 is 1. The molecule has 10 heavy (non-hydrogen) atoms. The number of ether oxygens (including phenoxy) is 1. The molecule has 0 radical (unpaired) electrons. The molecule has 2 nitrogen and oxygen atoms in total. The molecule has 1 heterocycles. The van der Waals surface area contributed by atoms with Crippen molar-refractivity contribution in [2.24, 2.45) is 0 Å². The van der Waals surface area contributed by atoms with E-state index in [-0.39, 0.29) is 0 Å². The zero-order chi connectivity index (χ0) is 7.56. The fourth-order valence-corrected chi connectivity index (χ4v) is 1.40. The third-order valence-corrected chi connectivity index (χ3v) is 2.00. The van der Waals surface area contributed by atoms with Crippen molar-refractivity contribution < 1.29 is 9.13 Å². The van der Waals surface area contributed by atoms with Crippen molar-refractivity contribution in [2.75, 3.05) is 27.3 Å². The minimum Gasteiger partial charge on any atom is -0.383 e. The maximum atomic E-state index is 12.7. The van der Waals surface area contributed by atoms with Crippen LogP contribution in [0.3, 0.4) is 0 Å².